The van der Waals surface area contributed by atoms with Gasteiger partial charge in [0.1, 0.15) is 11.4 Å². The molecule has 1 amide bonds. The first-order valence-corrected chi connectivity index (χ1v) is 11.0. The maximum absolute atomic E-state index is 11.6. The summed E-state index contributed by atoms with van der Waals surface area (Å²) in [5, 5.41) is 13.6. The summed E-state index contributed by atoms with van der Waals surface area (Å²) in [5.41, 5.74) is 4.52. The van der Waals surface area contributed by atoms with Crippen LogP contribution in [0.5, 0.6) is 11.5 Å². The number of hydrogen-bond donors (Lipinski definition) is 3. The first-order valence-electron chi connectivity index (χ1n) is 9.08. The SMILES string of the molecule is CC(=O)Nc1cc(NS(C)(=O)=O)c(Oc2ccccc2)cc1[N+](=O)[O-].CCCCN. The van der Waals surface area contributed by atoms with Gasteiger partial charge in [-0.1, -0.05) is 31.5 Å². The molecule has 30 heavy (non-hydrogen) atoms. The average Bonchev–Trinajstić information content (AvgIpc) is 2.64. The Balaban J connectivity index is 0.000000804. The number of carbonyl (C=O) groups is 1. The van der Waals surface area contributed by atoms with E-state index in [4.69, 9.17) is 10.5 Å². The smallest absolute Gasteiger partial charge is 0.296 e. The van der Waals surface area contributed by atoms with Crippen molar-refractivity contribution >= 4 is 33.0 Å². The van der Waals surface area contributed by atoms with Gasteiger partial charge in [0.25, 0.3) is 5.69 Å². The van der Waals surface area contributed by atoms with Crippen LogP contribution in [0.15, 0.2) is 42.5 Å². The molecular formula is C19H26N4O6S. The van der Waals surface area contributed by atoms with E-state index in [0.29, 0.717) is 5.75 Å². The summed E-state index contributed by atoms with van der Waals surface area (Å²) in [7, 11) is -3.68. The van der Waals surface area contributed by atoms with Crippen molar-refractivity contribution in [1.29, 1.82) is 0 Å². The van der Waals surface area contributed by atoms with Crippen LogP contribution in [0.2, 0.25) is 0 Å². The van der Waals surface area contributed by atoms with Gasteiger partial charge >= 0.3 is 0 Å². The molecule has 0 aromatic heterocycles. The van der Waals surface area contributed by atoms with E-state index in [1.165, 1.54) is 19.8 Å². The Bertz CT molecular complexity index is 962. The molecule has 0 heterocycles. The van der Waals surface area contributed by atoms with E-state index in [1.807, 2.05) is 0 Å². The Morgan fingerprint density at radius 2 is 1.83 bits per heavy atom. The molecule has 11 heteroatoms. The van der Waals surface area contributed by atoms with Crippen LogP contribution in [0.3, 0.4) is 0 Å². The zero-order valence-electron chi connectivity index (χ0n) is 17.0. The predicted octanol–water partition coefficient (Wildman–Crippen LogP) is 3.46. The molecule has 0 unspecified atom stereocenters. The number of para-hydroxylation sites is 1. The highest BCUT2D eigenvalue weighted by Gasteiger charge is 2.22. The number of amides is 1. The molecule has 0 saturated carbocycles. The average molecular weight is 439 g/mol. The number of sulfonamides is 1. The van der Waals surface area contributed by atoms with Crippen molar-refractivity contribution in [2.45, 2.75) is 26.7 Å². The van der Waals surface area contributed by atoms with Crippen LogP contribution in [-0.4, -0.2) is 32.0 Å². The van der Waals surface area contributed by atoms with Crippen molar-refractivity contribution in [3.63, 3.8) is 0 Å². The van der Waals surface area contributed by atoms with E-state index in [2.05, 4.69) is 17.0 Å². The predicted molar refractivity (Wildman–Crippen MR) is 116 cm³/mol. The summed E-state index contributed by atoms with van der Waals surface area (Å²) in [6.07, 6.45) is 3.31. The van der Waals surface area contributed by atoms with Crippen molar-refractivity contribution in [2.75, 3.05) is 22.8 Å². The molecule has 0 atom stereocenters. The lowest BCUT2D eigenvalue weighted by Crippen LogP contribution is -2.13. The summed E-state index contributed by atoms with van der Waals surface area (Å²) >= 11 is 0. The molecule has 4 N–H and O–H groups in total. The summed E-state index contributed by atoms with van der Waals surface area (Å²) in [6.45, 7) is 4.16. The van der Waals surface area contributed by atoms with Crippen LogP contribution in [-0.2, 0) is 14.8 Å². The van der Waals surface area contributed by atoms with E-state index in [9.17, 15) is 23.3 Å². The lowest BCUT2D eigenvalue weighted by molar-refractivity contribution is -0.384. The maximum atomic E-state index is 11.6. The minimum Gasteiger partial charge on any atom is -0.455 e. The highest BCUT2D eigenvalue weighted by atomic mass is 32.2. The third-order valence-corrected chi connectivity index (χ3v) is 4.02. The number of nitrogens with one attached hydrogen (secondary N) is 2. The zero-order chi connectivity index (χ0) is 22.7. The van der Waals surface area contributed by atoms with Gasteiger partial charge in [0, 0.05) is 6.92 Å². The van der Waals surface area contributed by atoms with Crippen molar-refractivity contribution in [2.24, 2.45) is 5.73 Å². The van der Waals surface area contributed by atoms with Gasteiger partial charge in [0.15, 0.2) is 5.75 Å². The molecule has 2 rings (SSSR count). The third-order valence-electron chi connectivity index (χ3n) is 3.43. The van der Waals surface area contributed by atoms with Gasteiger partial charge in [-0.2, -0.15) is 0 Å². The lowest BCUT2D eigenvalue weighted by atomic mass is 10.2. The van der Waals surface area contributed by atoms with Crippen LogP contribution in [0.4, 0.5) is 17.1 Å². The number of benzene rings is 2. The zero-order valence-corrected chi connectivity index (χ0v) is 17.9. The highest BCUT2D eigenvalue weighted by molar-refractivity contribution is 7.92. The van der Waals surface area contributed by atoms with Crippen molar-refractivity contribution < 1.29 is 22.9 Å². The highest BCUT2D eigenvalue weighted by Crippen LogP contribution is 2.39. The van der Waals surface area contributed by atoms with E-state index < -0.39 is 26.5 Å². The number of rotatable bonds is 8. The fourth-order valence-electron chi connectivity index (χ4n) is 2.19. The molecule has 2 aromatic carbocycles. The molecule has 0 bridgehead atoms. The lowest BCUT2D eigenvalue weighted by Gasteiger charge is -2.14. The van der Waals surface area contributed by atoms with E-state index in [0.717, 1.165) is 24.9 Å². The number of hydrogen-bond acceptors (Lipinski definition) is 7. The molecule has 2 aromatic rings. The second-order valence-corrected chi connectivity index (χ2v) is 7.98. The molecule has 0 saturated heterocycles. The van der Waals surface area contributed by atoms with Gasteiger partial charge in [-0.15, -0.1) is 0 Å². The van der Waals surface area contributed by atoms with Crippen molar-refractivity contribution in [3.05, 3.63) is 52.6 Å². The number of nitrogens with zero attached hydrogens (tertiary/aromatic N) is 1. The van der Waals surface area contributed by atoms with Crippen LogP contribution in [0.1, 0.15) is 26.7 Å². The molecule has 0 aliphatic heterocycles. The van der Waals surface area contributed by atoms with E-state index in [-0.39, 0.29) is 17.1 Å². The molecule has 164 valence electrons. The first-order chi connectivity index (χ1) is 14.1. The van der Waals surface area contributed by atoms with Gasteiger partial charge in [-0.25, -0.2) is 8.42 Å². The van der Waals surface area contributed by atoms with Crippen molar-refractivity contribution in [1.82, 2.24) is 0 Å². The molecule has 0 radical (unpaired) electrons. The van der Waals surface area contributed by atoms with Gasteiger partial charge in [-0.05, 0) is 31.2 Å². The Morgan fingerprint density at radius 1 is 1.20 bits per heavy atom. The first kappa shape index (κ1) is 24.9. The number of nitro benzene ring substituents is 1. The number of nitrogens with two attached hydrogens (primary N) is 1. The van der Waals surface area contributed by atoms with Gasteiger partial charge in [-0.3, -0.25) is 19.6 Å². The molecule has 0 spiro atoms. The van der Waals surface area contributed by atoms with Gasteiger partial charge < -0.3 is 15.8 Å². The number of nitro groups is 1. The summed E-state index contributed by atoms with van der Waals surface area (Å²) < 4.78 is 30.9. The van der Waals surface area contributed by atoms with Crippen LogP contribution in [0, 0.1) is 10.1 Å². The fraction of sp³-hybridized carbons (Fsp3) is 0.316. The topological polar surface area (TPSA) is 154 Å². The van der Waals surface area contributed by atoms with Crippen LogP contribution < -0.4 is 20.5 Å². The Hall–Kier alpha value is -3.18. The van der Waals surface area contributed by atoms with Crippen molar-refractivity contribution in [3.8, 4) is 11.5 Å². The largest absolute Gasteiger partial charge is 0.455 e. The molecule has 0 aliphatic rings. The third kappa shape index (κ3) is 8.88. The Kier molecular flexibility index (Phi) is 9.72. The Labute approximate surface area is 175 Å². The molecule has 0 aliphatic carbocycles. The number of anilines is 2. The number of ether oxygens (including phenoxy) is 1. The maximum Gasteiger partial charge on any atom is 0.296 e. The molecule has 10 nitrogen and oxygen atoms in total. The second-order valence-electron chi connectivity index (χ2n) is 6.24. The monoisotopic (exact) mass is 438 g/mol. The fourth-order valence-corrected chi connectivity index (χ4v) is 2.75. The van der Waals surface area contributed by atoms with Crippen LogP contribution >= 0.6 is 0 Å². The van der Waals surface area contributed by atoms with Gasteiger partial charge in [0.05, 0.1) is 22.9 Å². The summed E-state index contributed by atoms with van der Waals surface area (Å²) in [6, 6.07) is 10.5. The van der Waals surface area contributed by atoms with E-state index >= 15 is 0 Å². The number of carbonyl (C=O) groups excluding carboxylic acids is 1. The minimum absolute atomic E-state index is 0.0410. The quantitative estimate of drug-likeness (QED) is 0.421. The number of unbranched alkanes of at least 4 members (excludes halogenated alkanes) is 1. The van der Waals surface area contributed by atoms with E-state index in [1.54, 1.807) is 30.3 Å². The Morgan fingerprint density at radius 3 is 2.27 bits per heavy atom. The van der Waals surface area contributed by atoms with Gasteiger partial charge in [0.2, 0.25) is 15.9 Å². The minimum atomic E-state index is -3.68. The molecular weight excluding hydrogens is 412 g/mol. The molecule has 0 fully saturated rings. The second kappa shape index (κ2) is 11.7. The van der Waals surface area contributed by atoms with Crippen LogP contribution in [0.25, 0.3) is 0 Å². The summed E-state index contributed by atoms with van der Waals surface area (Å²) in [4.78, 5) is 21.8. The standard InChI is InChI=1S/C15H15N3O6S.C4H11N/c1-10(19)16-12-8-13(17-25(2,22)23)15(9-14(12)18(20)21)24-11-6-4-3-5-7-11;1-2-3-4-5/h3-9,17H,1-2H3,(H,16,19);2-5H2,1H3. The summed E-state index contributed by atoms with van der Waals surface area (Å²) in [5.74, 6) is -0.247. The normalized spacial score (nSPS) is 10.4.